The highest BCUT2D eigenvalue weighted by Gasteiger charge is 2.07. The van der Waals surface area contributed by atoms with Crippen molar-refractivity contribution < 1.29 is 14.2 Å². The summed E-state index contributed by atoms with van der Waals surface area (Å²) >= 11 is 0. The van der Waals surface area contributed by atoms with Crippen molar-refractivity contribution in [1.29, 1.82) is 0 Å². The van der Waals surface area contributed by atoms with E-state index >= 15 is 0 Å². The summed E-state index contributed by atoms with van der Waals surface area (Å²) in [6.07, 6.45) is 0.0127. The van der Waals surface area contributed by atoms with E-state index in [1.807, 2.05) is 71.9 Å². The molecule has 0 amide bonds. The molecule has 3 heteroatoms. The van der Waals surface area contributed by atoms with Gasteiger partial charge in [0, 0.05) is 14.2 Å². The van der Waals surface area contributed by atoms with Gasteiger partial charge in [0.05, 0.1) is 19.8 Å². The van der Waals surface area contributed by atoms with Crippen molar-refractivity contribution in [2.24, 2.45) is 0 Å². The van der Waals surface area contributed by atoms with Gasteiger partial charge in [0.15, 0.2) is 0 Å². The molecule has 0 radical (unpaired) electrons. The summed E-state index contributed by atoms with van der Waals surface area (Å²) < 4.78 is 15.7. The van der Waals surface area contributed by atoms with Crippen molar-refractivity contribution in [1.82, 2.24) is 0 Å². The van der Waals surface area contributed by atoms with E-state index in [9.17, 15) is 0 Å². The Hall–Kier alpha value is -2.98. The molecule has 0 saturated carbocycles. The predicted octanol–water partition coefficient (Wildman–Crippen LogP) is 9.53. The number of hydrogen-bond donors (Lipinski definition) is 0. The van der Waals surface area contributed by atoms with Gasteiger partial charge in [0.25, 0.3) is 0 Å². The molecule has 5 aromatic rings. The lowest BCUT2D eigenvalue weighted by Crippen LogP contribution is -2.23. The van der Waals surface area contributed by atoms with Gasteiger partial charge >= 0.3 is 0 Å². The number of rotatable bonds is 7. The van der Waals surface area contributed by atoms with Gasteiger partial charge in [-0.1, -0.05) is 133 Å². The Labute approximate surface area is 224 Å². The van der Waals surface area contributed by atoms with Crippen LogP contribution in [0.2, 0.25) is 0 Å². The predicted molar refractivity (Wildman–Crippen MR) is 163 cm³/mol. The maximum absolute atomic E-state index is 5.52. The second-order valence-electron chi connectivity index (χ2n) is 7.60. The standard InChI is InChI=1S/C16H10.C12H18O3.3C2H6/c1-3-11-7-9-13-5-2-6-14-10-8-12(4-1)15(11)16(13)14;1-13-9-12(14-2)10-15-8-11-6-4-3-5-7-11;3*1-2/h1-10H;3-7,12H,8-10H2,1-2H3;3*1-2H3. The number of hydrogen-bond acceptors (Lipinski definition) is 3. The molecule has 1 atom stereocenters. The van der Waals surface area contributed by atoms with Crippen LogP contribution in [-0.4, -0.2) is 33.5 Å². The Kier molecular flexibility index (Phi) is 16.6. The van der Waals surface area contributed by atoms with Crippen LogP contribution in [0.1, 0.15) is 47.1 Å². The molecule has 0 aromatic heterocycles. The zero-order chi connectivity index (χ0) is 27.5. The first-order chi connectivity index (χ1) is 18.3. The van der Waals surface area contributed by atoms with E-state index in [1.165, 1.54) is 37.9 Å². The van der Waals surface area contributed by atoms with Crippen LogP contribution in [0, 0.1) is 0 Å². The Morgan fingerprint density at radius 2 is 0.946 bits per heavy atom. The topological polar surface area (TPSA) is 27.7 Å². The van der Waals surface area contributed by atoms with Gasteiger partial charge < -0.3 is 14.2 Å². The molecule has 0 fully saturated rings. The van der Waals surface area contributed by atoms with E-state index in [2.05, 4.69) is 60.7 Å². The summed E-state index contributed by atoms with van der Waals surface area (Å²) in [5, 5.41) is 8.14. The summed E-state index contributed by atoms with van der Waals surface area (Å²) in [6.45, 7) is 13.7. The minimum atomic E-state index is 0.0127. The first-order valence-corrected chi connectivity index (χ1v) is 13.6. The Balaban J connectivity index is 0.000000309. The molecule has 0 aliphatic heterocycles. The van der Waals surface area contributed by atoms with Crippen molar-refractivity contribution >= 4 is 32.3 Å². The van der Waals surface area contributed by atoms with Crippen LogP contribution in [0.15, 0.2) is 91.0 Å². The van der Waals surface area contributed by atoms with Crippen LogP contribution in [-0.2, 0) is 20.8 Å². The quantitative estimate of drug-likeness (QED) is 0.207. The molecule has 200 valence electrons. The summed E-state index contributed by atoms with van der Waals surface area (Å²) in [4.78, 5) is 0. The zero-order valence-corrected chi connectivity index (χ0v) is 24.1. The first-order valence-electron chi connectivity index (χ1n) is 13.6. The number of benzene rings is 5. The van der Waals surface area contributed by atoms with E-state index in [-0.39, 0.29) is 6.10 Å². The highest BCUT2D eigenvalue weighted by Crippen LogP contribution is 2.33. The molecule has 0 saturated heterocycles. The van der Waals surface area contributed by atoms with Gasteiger partial charge in [0.1, 0.15) is 6.10 Å². The second kappa shape index (κ2) is 19.2. The fourth-order valence-electron chi connectivity index (χ4n) is 3.92. The molecule has 5 rings (SSSR count). The Morgan fingerprint density at radius 1 is 0.514 bits per heavy atom. The molecule has 0 aliphatic carbocycles. The number of ether oxygens (including phenoxy) is 3. The molecule has 0 aliphatic rings. The van der Waals surface area contributed by atoms with Crippen LogP contribution < -0.4 is 0 Å². The van der Waals surface area contributed by atoms with Crippen molar-refractivity contribution in [2.75, 3.05) is 27.4 Å². The summed E-state index contributed by atoms with van der Waals surface area (Å²) in [6, 6.07) is 31.9. The third kappa shape index (κ3) is 9.44. The minimum absolute atomic E-state index is 0.0127. The smallest absolute Gasteiger partial charge is 0.104 e. The second-order valence-corrected chi connectivity index (χ2v) is 7.60. The monoisotopic (exact) mass is 502 g/mol. The fraction of sp³-hybridized carbons (Fsp3) is 0.353. The highest BCUT2D eigenvalue weighted by molar-refractivity contribution is 6.22. The van der Waals surface area contributed by atoms with Gasteiger partial charge in [0.2, 0.25) is 0 Å². The van der Waals surface area contributed by atoms with Crippen LogP contribution in [0.5, 0.6) is 0 Å². The Bertz CT molecular complexity index is 1090. The maximum atomic E-state index is 5.52. The SMILES string of the molecule is CC.CC.CC.COCC(COCc1ccccc1)OC.c1cc2ccc3cccc4ccc(c1)c2c34. The van der Waals surface area contributed by atoms with E-state index in [1.54, 1.807) is 14.2 Å². The molecule has 3 nitrogen and oxygen atoms in total. The normalized spacial score (nSPS) is 10.7. The lowest BCUT2D eigenvalue weighted by atomic mass is 9.95. The van der Waals surface area contributed by atoms with Crippen LogP contribution >= 0.6 is 0 Å². The summed E-state index contributed by atoms with van der Waals surface area (Å²) in [7, 11) is 3.32. The molecule has 1 unspecified atom stereocenters. The van der Waals surface area contributed by atoms with Crippen LogP contribution in [0.3, 0.4) is 0 Å². The van der Waals surface area contributed by atoms with Gasteiger partial charge in [-0.05, 0) is 37.9 Å². The van der Waals surface area contributed by atoms with Gasteiger partial charge in [-0.25, -0.2) is 0 Å². The van der Waals surface area contributed by atoms with E-state index < -0.39 is 0 Å². The lowest BCUT2D eigenvalue weighted by molar-refractivity contribution is -0.0347. The highest BCUT2D eigenvalue weighted by atomic mass is 16.5. The molecule has 5 aromatic carbocycles. The van der Waals surface area contributed by atoms with Gasteiger partial charge in [-0.3, -0.25) is 0 Å². The third-order valence-electron chi connectivity index (χ3n) is 5.49. The average molecular weight is 503 g/mol. The van der Waals surface area contributed by atoms with E-state index in [0.29, 0.717) is 19.8 Å². The van der Waals surface area contributed by atoms with E-state index in [4.69, 9.17) is 14.2 Å². The van der Waals surface area contributed by atoms with Crippen molar-refractivity contribution in [3.8, 4) is 0 Å². The van der Waals surface area contributed by atoms with Crippen LogP contribution in [0.25, 0.3) is 32.3 Å². The fourth-order valence-corrected chi connectivity index (χ4v) is 3.92. The largest absolute Gasteiger partial charge is 0.382 e. The van der Waals surface area contributed by atoms with E-state index in [0.717, 1.165) is 0 Å². The van der Waals surface area contributed by atoms with Crippen molar-refractivity contribution in [2.45, 2.75) is 54.3 Å². The Morgan fingerprint density at radius 3 is 1.32 bits per heavy atom. The minimum Gasteiger partial charge on any atom is -0.382 e. The van der Waals surface area contributed by atoms with Gasteiger partial charge in [-0.15, -0.1) is 0 Å². The molecule has 0 bridgehead atoms. The molecule has 0 spiro atoms. The first kappa shape index (κ1) is 32.0. The molecular formula is C34H46O3. The maximum Gasteiger partial charge on any atom is 0.104 e. The average Bonchev–Trinajstić information content (AvgIpc) is 2.99. The summed E-state index contributed by atoms with van der Waals surface area (Å²) in [5.74, 6) is 0. The van der Waals surface area contributed by atoms with Gasteiger partial charge in [-0.2, -0.15) is 0 Å². The molecule has 0 heterocycles. The summed E-state index contributed by atoms with van der Waals surface area (Å²) in [5.41, 5.74) is 1.17. The zero-order valence-electron chi connectivity index (χ0n) is 24.1. The number of methoxy groups -OCH3 is 2. The molecule has 0 N–H and O–H groups in total. The lowest BCUT2D eigenvalue weighted by Gasteiger charge is -2.14. The molecule has 37 heavy (non-hydrogen) atoms. The van der Waals surface area contributed by atoms with Crippen molar-refractivity contribution in [3.05, 3.63) is 96.6 Å². The molecular weight excluding hydrogens is 456 g/mol. The third-order valence-corrected chi connectivity index (χ3v) is 5.49. The van der Waals surface area contributed by atoms with Crippen molar-refractivity contribution in [3.63, 3.8) is 0 Å². The van der Waals surface area contributed by atoms with Crippen LogP contribution in [0.4, 0.5) is 0 Å².